The maximum Gasteiger partial charge on any atom is 0.332 e. The third-order valence-electron chi connectivity index (χ3n) is 1.40. The Labute approximate surface area is 112 Å². The Bertz CT molecular complexity index is 426. The van der Waals surface area contributed by atoms with Crippen LogP contribution in [0, 0.1) is 0 Å². The van der Waals surface area contributed by atoms with Crippen molar-refractivity contribution >= 4 is 63.7 Å². The van der Waals surface area contributed by atoms with Gasteiger partial charge >= 0.3 is 5.84 Å². The molecular weight excluding hydrogens is 321 g/mol. The minimum atomic E-state index is -2.84. The van der Waals surface area contributed by atoms with Crippen LogP contribution in [0.25, 0.3) is 0 Å². The fraction of sp³-hybridized carbons (Fsp3) is 0.143. The fourth-order valence-electron chi connectivity index (χ4n) is 0.729. The van der Waals surface area contributed by atoms with Gasteiger partial charge in [-0.2, -0.15) is 0 Å². The van der Waals surface area contributed by atoms with Crippen molar-refractivity contribution in [3.8, 4) is 5.75 Å². The van der Waals surface area contributed by atoms with Gasteiger partial charge in [-0.1, -0.05) is 34.8 Å². The molecular formula is C7H5Cl4O2PS. The zero-order chi connectivity index (χ0) is 11.6. The van der Waals surface area contributed by atoms with Gasteiger partial charge in [-0.05, 0) is 29.1 Å². The zero-order valence-electron chi connectivity index (χ0n) is 7.34. The molecule has 84 valence electrons. The average molecular weight is 326 g/mol. The second-order valence-corrected chi connectivity index (χ2v) is 8.41. The average Bonchev–Trinajstić information content (AvgIpc) is 2.14. The summed E-state index contributed by atoms with van der Waals surface area (Å²) in [6, 6.07) is 2.89. The molecule has 0 fully saturated rings. The van der Waals surface area contributed by atoms with Crippen LogP contribution in [0.15, 0.2) is 12.1 Å². The first-order chi connectivity index (χ1) is 6.85. The van der Waals surface area contributed by atoms with Crippen molar-refractivity contribution in [3.63, 3.8) is 0 Å². The summed E-state index contributed by atoms with van der Waals surface area (Å²) in [5.74, 6) is -2.58. The molecule has 0 aliphatic rings. The first kappa shape index (κ1) is 13.9. The largest absolute Gasteiger partial charge is 0.431 e. The maximum absolute atomic E-state index is 5.85. The minimum Gasteiger partial charge on any atom is -0.431 e. The highest BCUT2D eigenvalue weighted by molar-refractivity contribution is 8.22. The summed E-state index contributed by atoms with van der Waals surface area (Å²) in [5, 5.41) is 0.907. The molecule has 0 aromatic heterocycles. The smallest absolute Gasteiger partial charge is 0.332 e. The highest BCUT2D eigenvalue weighted by Gasteiger charge is 2.17. The third kappa shape index (κ3) is 3.94. The van der Waals surface area contributed by atoms with Gasteiger partial charge in [0.1, 0.15) is 5.75 Å². The second kappa shape index (κ2) is 5.42. The number of halogens is 4. The Hall–Kier alpha value is 0.790. The van der Waals surface area contributed by atoms with E-state index in [1.807, 2.05) is 0 Å². The first-order valence-corrected chi connectivity index (χ1v) is 8.23. The molecule has 1 aromatic rings. The second-order valence-electron chi connectivity index (χ2n) is 2.40. The third-order valence-corrected chi connectivity index (χ3v) is 4.56. The zero-order valence-corrected chi connectivity index (χ0v) is 12.1. The molecule has 1 rings (SSSR count). The maximum atomic E-state index is 5.85. The van der Waals surface area contributed by atoms with Crippen LogP contribution in [0.4, 0.5) is 0 Å². The van der Waals surface area contributed by atoms with Crippen LogP contribution >= 0.6 is 51.9 Å². The summed E-state index contributed by atoms with van der Waals surface area (Å²) in [4.78, 5) is 0. The molecule has 1 aromatic carbocycles. The number of rotatable bonds is 3. The van der Waals surface area contributed by atoms with Crippen LogP contribution < -0.4 is 4.52 Å². The number of hydrogen-bond acceptors (Lipinski definition) is 3. The SMILES string of the molecule is COP(=S)(Cl)Oc1cc(Cl)c(Cl)cc1Cl. The van der Waals surface area contributed by atoms with E-state index in [-0.39, 0.29) is 10.8 Å². The van der Waals surface area contributed by atoms with Gasteiger partial charge < -0.3 is 9.05 Å². The van der Waals surface area contributed by atoms with Crippen molar-refractivity contribution in [2.24, 2.45) is 0 Å². The van der Waals surface area contributed by atoms with E-state index >= 15 is 0 Å². The van der Waals surface area contributed by atoms with Gasteiger partial charge in [0.15, 0.2) is 0 Å². The van der Waals surface area contributed by atoms with E-state index in [0.717, 1.165) is 0 Å². The van der Waals surface area contributed by atoms with E-state index in [1.165, 1.54) is 19.2 Å². The van der Waals surface area contributed by atoms with Gasteiger partial charge in [-0.25, -0.2) is 0 Å². The lowest BCUT2D eigenvalue weighted by atomic mass is 10.3. The Morgan fingerprint density at radius 3 is 2.20 bits per heavy atom. The molecule has 0 saturated carbocycles. The van der Waals surface area contributed by atoms with E-state index in [2.05, 4.69) is 0 Å². The summed E-state index contributed by atoms with van der Waals surface area (Å²) in [6.45, 7) is 0. The molecule has 1 atom stereocenters. The van der Waals surface area contributed by atoms with Crippen LogP contribution in [0.1, 0.15) is 0 Å². The van der Waals surface area contributed by atoms with Crippen molar-refractivity contribution in [3.05, 3.63) is 27.2 Å². The monoisotopic (exact) mass is 324 g/mol. The van der Waals surface area contributed by atoms with E-state index in [9.17, 15) is 0 Å². The number of hydrogen-bond donors (Lipinski definition) is 0. The van der Waals surface area contributed by atoms with Crippen molar-refractivity contribution < 1.29 is 9.05 Å². The molecule has 0 saturated heterocycles. The van der Waals surface area contributed by atoms with E-state index in [0.29, 0.717) is 10.0 Å². The van der Waals surface area contributed by atoms with E-state index in [1.54, 1.807) is 0 Å². The molecule has 15 heavy (non-hydrogen) atoms. The predicted molar refractivity (Wildman–Crippen MR) is 69.2 cm³/mol. The highest BCUT2D eigenvalue weighted by Crippen LogP contribution is 2.54. The Balaban J connectivity index is 3.06. The van der Waals surface area contributed by atoms with Gasteiger partial charge in [0.2, 0.25) is 0 Å². The lowest BCUT2D eigenvalue weighted by molar-refractivity contribution is 0.407. The van der Waals surface area contributed by atoms with Gasteiger partial charge in [0.25, 0.3) is 0 Å². The van der Waals surface area contributed by atoms with Gasteiger partial charge in [0.05, 0.1) is 15.1 Å². The molecule has 0 aliphatic heterocycles. The first-order valence-electron chi connectivity index (χ1n) is 3.55. The van der Waals surface area contributed by atoms with Crippen LogP contribution in [-0.4, -0.2) is 7.11 Å². The lowest BCUT2D eigenvalue weighted by Gasteiger charge is -2.15. The van der Waals surface area contributed by atoms with E-state index in [4.69, 9.17) is 66.9 Å². The molecule has 0 N–H and O–H groups in total. The van der Waals surface area contributed by atoms with Gasteiger partial charge in [-0.3, -0.25) is 0 Å². The quantitative estimate of drug-likeness (QED) is 0.566. The predicted octanol–water partition coefficient (Wildman–Crippen LogP) is 5.14. The molecule has 0 spiro atoms. The van der Waals surface area contributed by atoms with E-state index < -0.39 is 5.84 Å². The van der Waals surface area contributed by atoms with Crippen molar-refractivity contribution in [1.82, 2.24) is 0 Å². The lowest BCUT2D eigenvalue weighted by Crippen LogP contribution is -1.89. The summed E-state index contributed by atoms with van der Waals surface area (Å²) in [6.07, 6.45) is 0. The van der Waals surface area contributed by atoms with Crippen LogP contribution in [-0.2, 0) is 16.3 Å². The summed E-state index contributed by atoms with van der Waals surface area (Å²) < 4.78 is 10.0. The molecule has 1 unspecified atom stereocenters. The summed E-state index contributed by atoms with van der Waals surface area (Å²) in [5.41, 5.74) is 0. The Morgan fingerprint density at radius 1 is 1.13 bits per heavy atom. The molecule has 0 aliphatic carbocycles. The standard InChI is InChI=1S/C7H5Cl4O2PS/c1-12-14(11,15)13-7-3-5(9)4(8)2-6(7)10/h2-3H,1H3. The molecule has 2 nitrogen and oxygen atoms in total. The summed E-state index contributed by atoms with van der Waals surface area (Å²) >= 11 is 28.0. The normalized spacial score (nSPS) is 14.7. The van der Waals surface area contributed by atoms with Crippen molar-refractivity contribution in [1.29, 1.82) is 0 Å². The van der Waals surface area contributed by atoms with Crippen LogP contribution in [0.2, 0.25) is 15.1 Å². The minimum absolute atomic E-state index is 0.256. The van der Waals surface area contributed by atoms with Crippen molar-refractivity contribution in [2.75, 3.05) is 7.11 Å². The molecule has 0 bridgehead atoms. The molecule has 8 heteroatoms. The molecule has 0 heterocycles. The molecule has 0 amide bonds. The van der Waals surface area contributed by atoms with Crippen molar-refractivity contribution in [2.45, 2.75) is 0 Å². The topological polar surface area (TPSA) is 18.5 Å². The molecule has 0 radical (unpaired) electrons. The van der Waals surface area contributed by atoms with Crippen LogP contribution in [0.5, 0.6) is 5.75 Å². The Kier molecular flexibility index (Phi) is 5.00. The van der Waals surface area contributed by atoms with Gasteiger partial charge in [0, 0.05) is 13.2 Å². The fourth-order valence-corrected chi connectivity index (χ4v) is 2.28. The Morgan fingerprint density at radius 2 is 1.67 bits per heavy atom. The van der Waals surface area contributed by atoms with Crippen LogP contribution in [0.3, 0.4) is 0 Å². The number of benzene rings is 1. The summed E-state index contributed by atoms with van der Waals surface area (Å²) in [7, 11) is 1.36. The highest BCUT2D eigenvalue weighted by atomic mass is 35.7. The van der Waals surface area contributed by atoms with Gasteiger partial charge in [-0.15, -0.1) is 0 Å².